The van der Waals surface area contributed by atoms with Crippen molar-refractivity contribution in [1.82, 2.24) is 4.90 Å². The lowest BCUT2D eigenvalue weighted by Crippen LogP contribution is -2.34. The molecule has 1 aliphatic heterocycles. The summed E-state index contributed by atoms with van der Waals surface area (Å²) in [6.45, 7) is 9.81. The molecule has 1 unspecified atom stereocenters. The summed E-state index contributed by atoms with van der Waals surface area (Å²) in [5.41, 5.74) is 4.59. The lowest BCUT2D eigenvalue weighted by atomic mass is 9.77. The van der Waals surface area contributed by atoms with Crippen LogP contribution in [0.5, 0.6) is 0 Å². The maximum Gasteiger partial charge on any atom is 0.248 e. The maximum atomic E-state index is 12.3. The minimum absolute atomic E-state index is 0.00638. The van der Waals surface area contributed by atoms with Gasteiger partial charge in [0.25, 0.3) is 0 Å². The Kier molecular flexibility index (Phi) is 6.33. The number of fused-ring (bicyclic) bond motifs is 1. The fourth-order valence-electron chi connectivity index (χ4n) is 3.66. The van der Waals surface area contributed by atoms with Gasteiger partial charge in [0.05, 0.1) is 0 Å². The molecule has 0 bridgehead atoms. The lowest BCUT2D eigenvalue weighted by Gasteiger charge is -2.27. The Balaban J connectivity index is 2.52. The van der Waals surface area contributed by atoms with Crippen LogP contribution in [0.2, 0.25) is 0 Å². The van der Waals surface area contributed by atoms with Gasteiger partial charge in [0.1, 0.15) is 12.6 Å². The fourth-order valence-corrected chi connectivity index (χ4v) is 3.66. The zero-order valence-corrected chi connectivity index (χ0v) is 16.1. The largest absolute Gasteiger partial charge is 0.375 e. The van der Waals surface area contributed by atoms with E-state index in [-0.39, 0.29) is 24.0 Å². The molecule has 2 rings (SSSR count). The van der Waals surface area contributed by atoms with Crippen molar-refractivity contribution >= 4 is 5.91 Å². The summed E-state index contributed by atoms with van der Waals surface area (Å²) in [4.78, 5) is 25.4. The number of ether oxygens (including phenoxy) is 1. The van der Waals surface area contributed by atoms with E-state index in [1.165, 1.54) is 11.1 Å². The number of hydrogen-bond acceptors (Lipinski definition) is 4. The number of amides is 1. The van der Waals surface area contributed by atoms with Crippen LogP contribution in [0.1, 0.15) is 68.8 Å². The Labute approximate surface area is 150 Å². The highest BCUT2D eigenvalue weighted by atomic mass is 16.5. The number of rotatable bonds is 6. The summed E-state index contributed by atoms with van der Waals surface area (Å²) in [5.74, 6) is 0.00638. The van der Waals surface area contributed by atoms with Crippen molar-refractivity contribution in [2.75, 3.05) is 20.3 Å². The SMILES string of the molecule is CCCc1cc2c(cc1C(C)N=O)CN(C(=O)COC)CCC2(C)C. The standard InChI is InChI=1S/C20H30N2O3/c1-6-7-15-11-18-16(10-17(15)14(2)21-24)12-22(19(23)13-25-5)9-8-20(18,3)4/h10-11,14H,6-9,12-13H2,1-5H3. The van der Waals surface area contributed by atoms with Gasteiger partial charge in [-0.15, -0.1) is 0 Å². The van der Waals surface area contributed by atoms with Gasteiger partial charge in [-0.3, -0.25) is 4.79 Å². The molecule has 1 atom stereocenters. The van der Waals surface area contributed by atoms with Crippen molar-refractivity contribution in [1.29, 1.82) is 0 Å². The summed E-state index contributed by atoms with van der Waals surface area (Å²) < 4.78 is 5.02. The number of carbonyl (C=O) groups excluding carboxylic acids is 1. The van der Waals surface area contributed by atoms with Crippen LogP contribution in [0.3, 0.4) is 0 Å². The zero-order valence-electron chi connectivity index (χ0n) is 16.1. The molecule has 25 heavy (non-hydrogen) atoms. The van der Waals surface area contributed by atoms with E-state index >= 15 is 0 Å². The van der Waals surface area contributed by atoms with Crippen LogP contribution in [0.15, 0.2) is 17.3 Å². The minimum Gasteiger partial charge on any atom is -0.375 e. The lowest BCUT2D eigenvalue weighted by molar-refractivity contribution is -0.135. The van der Waals surface area contributed by atoms with E-state index in [0.717, 1.165) is 30.4 Å². The molecule has 0 fully saturated rings. The van der Waals surface area contributed by atoms with Gasteiger partial charge in [-0.25, -0.2) is 0 Å². The minimum atomic E-state index is -0.374. The molecule has 0 N–H and O–H groups in total. The summed E-state index contributed by atoms with van der Waals surface area (Å²) in [6.07, 6.45) is 2.86. The van der Waals surface area contributed by atoms with Crippen molar-refractivity contribution in [2.24, 2.45) is 5.18 Å². The molecule has 0 saturated heterocycles. The normalized spacial score (nSPS) is 17.6. The highest BCUT2D eigenvalue weighted by Gasteiger charge is 2.31. The molecule has 5 heteroatoms. The molecule has 0 spiro atoms. The quantitative estimate of drug-likeness (QED) is 0.728. The van der Waals surface area contributed by atoms with Crippen molar-refractivity contribution in [2.45, 2.75) is 65.0 Å². The molecule has 1 aromatic carbocycles. The van der Waals surface area contributed by atoms with E-state index < -0.39 is 0 Å². The van der Waals surface area contributed by atoms with Crippen LogP contribution in [0, 0.1) is 4.91 Å². The maximum absolute atomic E-state index is 12.3. The second-order valence-corrected chi connectivity index (χ2v) is 7.62. The van der Waals surface area contributed by atoms with E-state index in [2.05, 4.69) is 38.1 Å². The van der Waals surface area contributed by atoms with Crippen LogP contribution in [0.4, 0.5) is 0 Å². The van der Waals surface area contributed by atoms with E-state index in [4.69, 9.17) is 4.74 Å². The topological polar surface area (TPSA) is 59.0 Å². The van der Waals surface area contributed by atoms with Crippen molar-refractivity contribution in [3.05, 3.63) is 39.3 Å². The van der Waals surface area contributed by atoms with Crippen LogP contribution < -0.4 is 0 Å². The first-order chi connectivity index (χ1) is 11.8. The van der Waals surface area contributed by atoms with Crippen LogP contribution in [0.25, 0.3) is 0 Å². The summed E-state index contributed by atoms with van der Waals surface area (Å²) >= 11 is 0. The second kappa shape index (κ2) is 8.09. The molecular formula is C20H30N2O3. The molecule has 0 aliphatic carbocycles. The number of nitroso groups, excluding NO2 is 1. The van der Waals surface area contributed by atoms with E-state index in [1.807, 2.05) is 11.8 Å². The van der Waals surface area contributed by atoms with Gasteiger partial charge in [0, 0.05) is 20.2 Å². The molecule has 1 heterocycles. The Morgan fingerprint density at radius 1 is 1.40 bits per heavy atom. The molecule has 138 valence electrons. The molecule has 5 nitrogen and oxygen atoms in total. The van der Waals surface area contributed by atoms with Gasteiger partial charge in [-0.05, 0) is 47.4 Å². The molecule has 0 aromatic heterocycles. The number of aryl methyl sites for hydroxylation is 1. The Bertz CT molecular complexity index is 640. The molecule has 1 aliphatic rings. The second-order valence-electron chi connectivity index (χ2n) is 7.62. The first kappa shape index (κ1) is 19.6. The summed E-state index contributed by atoms with van der Waals surface area (Å²) in [6, 6.07) is 3.98. The van der Waals surface area contributed by atoms with Gasteiger partial charge in [-0.2, -0.15) is 4.91 Å². The zero-order chi connectivity index (χ0) is 18.6. The number of nitrogens with zero attached hydrogens (tertiary/aromatic N) is 2. The van der Waals surface area contributed by atoms with Crippen molar-refractivity contribution in [3.8, 4) is 0 Å². The number of methoxy groups -OCH3 is 1. The molecule has 1 amide bonds. The monoisotopic (exact) mass is 346 g/mol. The molecule has 1 aromatic rings. The summed E-state index contributed by atoms with van der Waals surface area (Å²) in [5, 5.41) is 3.24. The molecule has 0 saturated carbocycles. The predicted molar refractivity (Wildman–Crippen MR) is 99.6 cm³/mol. The average molecular weight is 346 g/mol. The number of hydrogen-bond donors (Lipinski definition) is 0. The van der Waals surface area contributed by atoms with E-state index in [1.54, 1.807) is 7.11 Å². The third-order valence-corrected chi connectivity index (χ3v) is 5.21. The highest BCUT2D eigenvalue weighted by Crippen LogP contribution is 2.37. The van der Waals surface area contributed by atoms with Crippen molar-refractivity contribution < 1.29 is 9.53 Å². The number of benzene rings is 1. The van der Waals surface area contributed by atoms with Gasteiger partial charge >= 0.3 is 0 Å². The first-order valence-corrected chi connectivity index (χ1v) is 9.09. The number of carbonyl (C=O) groups is 1. The van der Waals surface area contributed by atoms with E-state index in [9.17, 15) is 9.70 Å². The first-order valence-electron chi connectivity index (χ1n) is 9.09. The highest BCUT2D eigenvalue weighted by molar-refractivity contribution is 5.77. The smallest absolute Gasteiger partial charge is 0.248 e. The van der Waals surface area contributed by atoms with Gasteiger partial charge < -0.3 is 9.64 Å². The third kappa shape index (κ3) is 4.27. The Morgan fingerprint density at radius 2 is 2.12 bits per heavy atom. The average Bonchev–Trinajstić information content (AvgIpc) is 2.70. The van der Waals surface area contributed by atoms with Gasteiger partial charge in [0.15, 0.2) is 0 Å². The molecule has 0 radical (unpaired) electrons. The van der Waals surface area contributed by atoms with Gasteiger partial charge in [-0.1, -0.05) is 44.5 Å². The van der Waals surface area contributed by atoms with Crippen LogP contribution in [-0.4, -0.2) is 31.1 Å². The fraction of sp³-hybridized carbons (Fsp3) is 0.650. The van der Waals surface area contributed by atoms with Gasteiger partial charge in [0.2, 0.25) is 5.91 Å². The Morgan fingerprint density at radius 3 is 2.72 bits per heavy atom. The van der Waals surface area contributed by atoms with E-state index in [0.29, 0.717) is 13.1 Å². The third-order valence-electron chi connectivity index (χ3n) is 5.21. The Hall–Kier alpha value is -1.75. The molecular weight excluding hydrogens is 316 g/mol. The van der Waals surface area contributed by atoms with Crippen molar-refractivity contribution in [3.63, 3.8) is 0 Å². The summed E-state index contributed by atoms with van der Waals surface area (Å²) in [7, 11) is 1.54. The predicted octanol–water partition coefficient (Wildman–Crippen LogP) is 4.12. The van der Waals surface area contributed by atoms with Crippen LogP contribution >= 0.6 is 0 Å². The van der Waals surface area contributed by atoms with Crippen LogP contribution in [-0.2, 0) is 27.9 Å².